The van der Waals surface area contributed by atoms with Crippen molar-refractivity contribution in [3.05, 3.63) is 16.3 Å². The molecular weight excluding hydrogens is 296 g/mol. The van der Waals surface area contributed by atoms with Crippen molar-refractivity contribution >= 4 is 21.4 Å². The number of ether oxygens (including phenoxy) is 1. The van der Waals surface area contributed by atoms with Gasteiger partial charge in [0.25, 0.3) is 0 Å². The van der Waals surface area contributed by atoms with E-state index < -0.39 is 10.0 Å². The fourth-order valence-electron chi connectivity index (χ4n) is 2.11. The van der Waals surface area contributed by atoms with E-state index in [1.54, 1.807) is 18.6 Å². The van der Waals surface area contributed by atoms with Crippen LogP contribution in [0.25, 0.3) is 0 Å². The summed E-state index contributed by atoms with van der Waals surface area (Å²) < 4.78 is 32.3. The van der Waals surface area contributed by atoms with Crippen LogP contribution in [0.1, 0.15) is 24.1 Å². The van der Waals surface area contributed by atoms with Gasteiger partial charge < -0.3 is 10.1 Å². The first-order valence-corrected chi connectivity index (χ1v) is 9.08. The maximum atomic E-state index is 12.2. The van der Waals surface area contributed by atoms with E-state index in [4.69, 9.17) is 4.74 Å². The second-order valence-electron chi connectivity index (χ2n) is 5.35. The summed E-state index contributed by atoms with van der Waals surface area (Å²) in [5, 5.41) is 4.72. The van der Waals surface area contributed by atoms with Crippen molar-refractivity contribution in [3.63, 3.8) is 0 Å². The molecule has 1 aromatic heterocycles. The summed E-state index contributed by atoms with van der Waals surface area (Å²) >= 11 is 1.46. The summed E-state index contributed by atoms with van der Waals surface area (Å²) in [7, 11) is 0.137. The van der Waals surface area contributed by atoms with Gasteiger partial charge in [-0.15, -0.1) is 11.3 Å². The highest BCUT2D eigenvalue weighted by molar-refractivity contribution is 7.89. The van der Waals surface area contributed by atoms with Crippen molar-refractivity contribution in [1.29, 1.82) is 0 Å². The highest BCUT2D eigenvalue weighted by Gasteiger charge is 2.42. The van der Waals surface area contributed by atoms with Gasteiger partial charge in [-0.05, 0) is 37.8 Å². The van der Waals surface area contributed by atoms with Crippen LogP contribution in [-0.4, -0.2) is 35.7 Å². The number of methoxy groups -OCH3 is 1. The molecule has 20 heavy (non-hydrogen) atoms. The predicted octanol–water partition coefficient (Wildman–Crippen LogP) is 1.56. The molecule has 0 radical (unpaired) electrons. The number of sulfonamides is 1. The molecule has 1 aliphatic rings. The summed E-state index contributed by atoms with van der Waals surface area (Å²) in [5.41, 5.74) is 0.118. The molecular formula is C13H22N2O3S2. The minimum Gasteiger partial charge on any atom is -0.385 e. The third-order valence-electron chi connectivity index (χ3n) is 3.72. The standard InChI is InChI=1S/C13H22N2O3S2/c1-14-8-11-7-12(9-19-11)20(16,17)15-10-13(3-4-13)5-6-18-2/h7,9,14-15H,3-6,8,10H2,1-2H3. The number of nitrogens with one attached hydrogen (secondary N) is 2. The van der Waals surface area contributed by atoms with Gasteiger partial charge in [0.15, 0.2) is 0 Å². The smallest absolute Gasteiger partial charge is 0.241 e. The molecule has 0 spiro atoms. The molecule has 1 heterocycles. The van der Waals surface area contributed by atoms with E-state index in [1.807, 2.05) is 7.05 Å². The Morgan fingerprint density at radius 3 is 2.80 bits per heavy atom. The van der Waals surface area contributed by atoms with Crippen LogP contribution in [0.5, 0.6) is 0 Å². The highest BCUT2D eigenvalue weighted by Crippen LogP contribution is 2.48. The molecule has 1 aliphatic carbocycles. The first-order valence-electron chi connectivity index (χ1n) is 6.72. The van der Waals surface area contributed by atoms with Crippen LogP contribution in [0, 0.1) is 5.41 Å². The number of hydrogen-bond donors (Lipinski definition) is 2. The van der Waals surface area contributed by atoms with Crippen molar-refractivity contribution in [2.45, 2.75) is 30.7 Å². The van der Waals surface area contributed by atoms with Crippen molar-refractivity contribution in [2.75, 3.05) is 27.3 Å². The lowest BCUT2D eigenvalue weighted by Crippen LogP contribution is -2.30. The van der Waals surface area contributed by atoms with Gasteiger partial charge in [-0.25, -0.2) is 13.1 Å². The summed E-state index contributed by atoms with van der Waals surface area (Å²) in [5.74, 6) is 0. The molecule has 7 heteroatoms. The molecule has 0 bridgehead atoms. The maximum Gasteiger partial charge on any atom is 0.241 e. The Morgan fingerprint density at radius 1 is 1.45 bits per heavy atom. The summed E-state index contributed by atoms with van der Waals surface area (Å²) in [4.78, 5) is 1.39. The first kappa shape index (κ1) is 15.9. The van der Waals surface area contributed by atoms with E-state index >= 15 is 0 Å². The van der Waals surface area contributed by atoms with Crippen LogP contribution < -0.4 is 10.0 Å². The van der Waals surface area contributed by atoms with E-state index in [0.29, 0.717) is 24.6 Å². The zero-order chi connectivity index (χ0) is 14.6. The molecule has 1 saturated carbocycles. The average Bonchev–Trinajstić information content (AvgIpc) is 3.04. The maximum absolute atomic E-state index is 12.2. The summed E-state index contributed by atoms with van der Waals surface area (Å²) in [6.45, 7) is 1.89. The van der Waals surface area contributed by atoms with E-state index in [9.17, 15) is 8.42 Å². The molecule has 0 saturated heterocycles. The average molecular weight is 318 g/mol. The molecule has 0 atom stereocenters. The zero-order valence-corrected chi connectivity index (χ0v) is 13.6. The monoisotopic (exact) mass is 318 g/mol. The van der Waals surface area contributed by atoms with Crippen LogP contribution in [0.2, 0.25) is 0 Å². The quantitative estimate of drug-likeness (QED) is 0.725. The Balaban J connectivity index is 1.93. The number of hydrogen-bond acceptors (Lipinski definition) is 5. The Labute approximate surface area is 124 Å². The van der Waals surface area contributed by atoms with Crippen molar-refractivity contribution in [3.8, 4) is 0 Å². The topological polar surface area (TPSA) is 67.4 Å². The van der Waals surface area contributed by atoms with Crippen molar-refractivity contribution in [2.24, 2.45) is 5.41 Å². The molecule has 0 aliphatic heterocycles. The Hall–Kier alpha value is -0.470. The summed E-state index contributed by atoms with van der Waals surface area (Å²) in [6, 6.07) is 1.73. The summed E-state index contributed by atoms with van der Waals surface area (Å²) in [6.07, 6.45) is 3.07. The van der Waals surface area contributed by atoms with Crippen LogP contribution in [-0.2, 0) is 21.3 Å². The Morgan fingerprint density at radius 2 is 2.20 bits per heavy atom. The van der Waals surface area contributed by atoms with Gasteiger partial charge in [0.1, 0.15) is 0 Å². The van der Waals surface area contributed by atoms with Gasteiger partial charge in [-0.2, -0.15) is 0 Å². The molecule has 0 aromatic carbocycles. The van der Waals surface area contributed by atoms with E-state index in [1.165, 1.54) is 11.3 Å². The normalized spacial score (nSPS) is 17.3. The van der Waals surface area contributed by atoms with Crippen LogP contribution in [0.4, 0.5) is 0 Å². The minimum atomic E-state index is -3.38. The fraction of sp³-hybridized carbons (Fsp3) is 0.692. The molecule has 5 nitrogen and oxygen atoms in total. The first-order chi connectivity index (χ1) is 9.51. The highest BCUT2D eigenvalue weighted by atomic mass is 32.2. The lowest BCUT2D eigenvalue weighted by molar-refractivity contribution is 0.173. The molecule has 2 rings (SSSR count). The predicted molar refractivity (Wildman–Crippen MR) is 80.4 cm³/mol. The molecule has 1 fully saturated rings. The lowest BCUT2D eigenvalue weighted by atomic mass is 10.0. The van der Waals surface area contributed by atoms with Gasteiger partial charge >= 0.3 is 0 Å². The third-order valence-corrected chi connectivity index (χ3v) is 6.19. The Kier molecular flexibility index (Phi) is 5.19. The third kappa shape index (κ3) is 4.02. The largest absolute Gasteiger partial charge is 0.385 e. The van der Waals surface area contributed by atoms with Crippen molar-refractivity contribution in [1.82, 2.24) is 10.0 Å². The molecule has 2 N–H and O–H groups in total. The van der Waals surface area contributed by atoms with Crippen LogP contribution in [0.3, 0.4) is 0 Å². The minimum absolute atomic E-state index is 0.118. The lowest BCUT2D eigenvalue weighted by Gasteiger charge is -2.15. The second kappa shape index (κ2) is 6.53. The van der Waals surface area contributed by atoms with Crippen molar-refractivity contribution < 1.29 is 13.2 Å². The van der Waals surface area contributed by atoms with E-state index in [-0.39, 0.29) is 5.41 Å². The van der Waals surface area contributed by atoms with Crippen LogP contribution in [0.15, 0.2) is 16.3 Å². The van der Waals surface area contributed by atoms with Gasteiger partial charge in [0.05, 0.1) is 4.90 Å². The molecule has 114 valence electrons. The molecule has 0 unspecified atom stereocenters. The second-order valence-corrected chi connectivity index (χ2v) is 8.11. The Bertz CT molecular complexity index is 536. The fourth-order valence-corrected chi connectivity index (χ4v) is 4.55. The SMILES string of the molecule is CNCc1cc(S(=O)(=O)NCC2(CCOC)CC2)cs1. The molecule has 0 amide bonds. The van der Waals surface area contributed by atoms with Gasteiger partial charge in [-0.3, -0.25) is 0 Å². The number of rotatable bonds is 9. The van der Waals surface area contributed by atoms with Gasteiger partial charge in [0, 0.05) is 37.1 Å². The van der Waals surface area contributed by atoms with E-state index in [0.717, 1.165) is 24.1 Å². The molecule has 1 aromatic rings. The van der Waals surface area contributed by atoms with Gasteiger partial charge in [-0.1, -0.05) is 0 Å². The van der Waals surface area contributed by atoms with Crippen LogP contribution >= 0.6 is 11.3 Å². The van der Waals surface area contributed by atoms with E-state index in [2.05, 4.69) is 10.0 Å². The number of thiophene rings is 1. The van der Waals surface area contributed by atoms with Gasteiger partial charge in [0.2, 0.25) is 10.0 Å². The zero-order valence-electron chi connectivity index (χ0n) is 11.9.